The lowest BCUT2D eigenvalue weighted by molar-refractivity contribution is -0.313. The van der Waals surface area contributed by atoms with Crippen LogP contribution in [-0.4, -0.2) is 72.9 Å². The number of sulfonamides is 1. The first-order chi connectivity index (χ1) is 21.2. The van der Waals surface area contributed by atoms with E-state index in [1.807, 2.05) is 6.92 Å². The average Bonchev–Trinajstić information content (AvgIpc) is 3.38. The number of likely N-dealkylation sites (N-methyl/N-ethyl adjacent to an activating group) is 1. The topological polar surface area (TPSA) is 165 Å². The van der Waals surface area contributed by atoms with Crippen LogP contribution >= 0.6 is 0 Å². The summed E-state index contributed by atoms with van der Waals surface area (Å²) in [5.74, 6) is 0. The number of hydrogen-bond acceptors (Lipinski definition) is 12. The predicted octanol–water partition coefficient (Wildman–Crippen LogP) is 5.16. The maximum Gasteiger partial charge on any atom is 0.511 e. The molecular weight excluding hydrogens is 639 g/mol. The summed E-state index contributed by atoms with van der Waals surface area (Å²) in [6.45, 7) is 7.24. The number of aryl methyl sites for hydroxylation is 1. The van der Waals surface area contributed by atoms with Gasteiger partial charge < -0.3 is 19.4 Å². The molecule has 0 radical (unpaired) electrons. The molecule has 1 amide bonds. The molecule has 0 aliphatic heterocycles. The minimum absolute atomic E-state index is 0.0316. The number of amides is 1. The van der Waals surface area contributed by atoms with Crippen molar-refractivity contribution in [3.05, 3.63) is 71.1 Å². The SMILES string of the molecule is Cc1ccc(-c2cc(C(F)(F)F)nn2-c2ccc(S(=O)(=O)NC(=O)OCCN(C)N([O-])OC(C)OC(=O)OC(C)(C)C)cc2)cc1. The first-order valence-corrected chi connectivity index (χ1v) is 15.0. The van der Waals surface area contributed by atoms with E-state index in [9.17, 15) is 36.4 Å². The van der Waals surface area contributed by atoms with Crippen molar-refractivity contribution in [1.82, 2.24) is 24.8 Å². The lowest BCUT2D eigenvalue weighted by Crippen LogP contribution is -2.41. The molecule has 0 saturated carbocycles. The fourth-order valence-corrected chi connectivity index (χ4v) is 4.49. The van der Waals surface area contributed by atoms with Gasteiger partial charge in [0.25, 0.3) is 10.0 Å². The molecule has 252 valence electrons. The van der Waals surface area contributed by atoms with Crippen molar-refractivity contribution < 1.29 is 50.2 Å². The van der Waals surface area contributed by atoms with Crippen LogP contribution in [0.3, 0.4) is 0 Å². The Hall–Kier alpha value is -4.23. The van der Waals surface area contributed by atoms with E-state index < -0.39 is 52.6 Å². The highest BCUT2D eigenvalue weighted by molar-refractivity contribution is 7.90. The Balaban J connectivity index is 1.58. The van der Waals surface area contributed by atoms with Gasteiger partial charge in [0.15, 0.2) is 5.69 Å². The Morgan fingerprint density at radius 3 is 2.24 bits per heavy atom. The second-order valence-electron chi connectivity index (χ2n) is 10.8. The van der Waals surface area contributed by atoms with Gasteiger partial charge in [0.2, 0.25) is 6.29 Å². The van der Waals surface area contributed by atoms with Gasteiger partial charge in [-0.2, -0.15) is 23.6 Å². The Morgan fingerprint density at radius 2 is 1.67 bits per heavy atom. The number of halogens is 3. The summed E-state index contributed by atoms with van der Waals surface area (Å²) < 4.78 is 83.2. The van der Waals surface area contributed by atoms with E-state index in [0.717, 1.165) is 33.5 Å². The molecule has 3 rings (SSSR count). The third-order valence-corrected chi connectivity index (χ3v) is 7.10. The van der Waals surface area contributed by atoms with E-state index in [-0.39, 0.29) is 28.2 Å². The van der Waals surface area contributed by atoms with Gasteiger partial charge in [0.05, 0.1) is 16.3 Å². The van der Waals surface area contributed by atoms with Crippen LogP contribution in [0.1, 0.15) is 39.0 Å². The number of hydrogen-bond donors (Lipinski definition) is 1. The van der Waals surface area contributed by atoms with Crippen LogP contribution in [0.2, 0.25) is 0 Å². The van der Waals surface area contributed by atoms with Crippen LogP contribution in [0.5, 0.6) is 0 Å². The van der Waals surface area contributed by atoms with Crippen LogP contribution < -0.4 is 4.72 Å². The van der Waals surface area contributed by atoms with Gasteiger partial charge in [0.1, 0.15) is 12.2 Å². The smallest absolute Gasteiger partial charge is 0.511 e. The van der Waals surface area contributed by atoms with E-state index in [0.29, 0.717) is 5.56 Å². The molecule has 0 aliphatic carbocycles. The number of alkyl halides is 3. The highest BCUT2D eigenvalue weighted by Crippen LogP contribution is 2.33. The van der Waals surface area contributed by atoms with Crippen molar-refractivity contribution in [3.63, 3.8) is 0 Å². The summed E-state index contributed by atoms with van der Waals surface area (Å²) in [4.78, 5) is 28.3. The summed E-state index contributed by atoms with van der Waals surface area (Å²) >= 11 is 0. The number of nitrogens with zero attached hydrogens (tertiary/aromatic N) is 4. The normalized spacial score (nSPS) is 13.0. The van der Waals surface area contributed by atoms with Crippen molar-refractivity contribution in [2.45, 2.75) is 57.6 Å². The number of nitrogens with one attached hydrogen (secondary N) is 1. The fraction of sp³-hybridized carbons (Fsp3) is 0.393. The zero-order valence-electron chi connectivity index (χ0n) is 25.7. The number of carbonyl (C=O) groups is 2. The second-order valence-corrected chi connectivity index (χ2v) is 12.5. The zero-order chi connectivity index (χ0) is 34.4. The number of ether oxygens (including phenoxy) is 3. The molecule has 1 heterocycles. The molecule has 14 nitrogen and oxygen atoms in total. The largest absolute Gasteiger partial charge is 0.748 e. The molecule has 0 spiro atoms. The molecule has 0 saturated heterocycles. The summed E-state index contributed by atoms with van der Waals surface area (Å²) in [5, 5.41) is 16.6. The van der Waals surface area contributed by atoms with E-state index in [4.69, 9.17) is 19.0 Å². The van der Waals surface area contributed by atoms with Crippen molar-refractivity contribution in [2.24, 2.45) is 0 Å². The number of hydrazine groups is 1. The maximum absolute atomic E-state index is 13.5. The van der Waals surface area contributed by atoms with Gasteiger partial charge >= 0.3 is 18.4 Å². The Labute approximate surface area is 263 Å². The van der Waals surface area contributed by atoms with E-state index in [1.54, 1.807) is 49.8 Å². The average molecular weight is 673 g/mol. The highest BCUT2D eigenvalue weighted by Gasteiger charge is 2.35. The summed E-state index contributed by atoms with van der Waals surface area (Å²) in [5.41, 5.74) is -0.347. The minimum Gasteiger partial charge on any atom is -0.748 e. The van der Waals surface area contributed by atoms with Crippen LogP contribution in [0.25, 0.3) is 16.9 Å². The van der Waals surface area contributed by atoms with Crippen LogP contribution in [0, 0.1) is 12.1 Å². The summed E-state index contributed by atoms with van der Waals surface area (Å²) in [6, 6.07) is 12.3. The van der Waals surface area contributed by atoms with E-state index >= 15 is 0 Å². The van der Waals surface area contributed by atoms with Crippen molar-refractivity contribution in [2.75, 3.05) is 20.2 Å². The van der Waals surface area contributed by atoms with Crippen molar-refractivity contribution in [1.29, 1.82) is 0 Å². The molecule has 1 atom stereocenters. The molecule has 18 heteroatoms. The monoisotopic (exact) mass is 672 g/mol. The third-order valence-electron chi connectivity index (χ3n) is 5.77. The van der Waals surface area contributed by atoms with Gasteiger partial charge in [0, 0.05) is 26.1 Å². The highest BCUT2D eigenvalue weighted by atomic mass is 32.2. The number of benzene rings is 2. The van der Waals surface area contributed by atoms with E-state index in [2.05, 4.69) is 5.10 Å². The number of rotatable bonds is 11. The van der Waals surface area contributed by atoms with Crippen molar-refractivity contribution >= 4 is 22.3 Å². The molecule has 0 bridgehead atoms. The van der Waals surface area contributed by atoms with Crippen molar-refractivity contribution in [3.8, 4) is 16.9 Å². The molecule has 2 aromatic carbocycles. The first kappa shape index (κ1) is 36.2. The quantitative estimate of drug-likeness (QED) is 0.162. The van der Waals surface area contributed by atoms with Gasteiger partial charge in [-0.05, 0) is 58.0 Å². The maximum atomic E-state index is 13.5. The molecule has 0 fully saturated rings. The number of carbonyl (C=O) groups excluding carboxylic acids is 2. The Morgan fingerprint density at radius 1 is 1.07 bits per heavy atom. The van der Waals surface area contributed by atoms with Gasteiger partial charge in [-0.1, -0.05) is 29.8 Å². The predicted molar refractivity (Wildman–Crippen MR) is 156 cm³/mol. The van der Waals surface area contributed by atoms with Crippen LogP contribution in [0.15, 0.2) is 59.5 Å². The Bertz CT molecular complexity index is 1610. The third kappa shape index (κ3) is 10.4. The molecule has 1 aromatic heterocycles. The number of aromatic nitrogens is 2. The summed E-state index contributed by atoms with van der Waals surface area (Å²) in [6.07, 6.45) is -8.47. The van der Waals surface area contributed by atoms with E-state index in [1.165, 1.54) is 26.1 Å². The van der Waals surface area contributed by atoms with Crippen LogP contribution in [-0.2, 0) is 35.2 Å². The molecule has 0 aliphatic rings. The summed E-state index contributed by atoms with van der Waals surface area (Å²) in [7, 11) is -3.20. The fourth-order valence-electron chi connectivity index (χ4n) is 3.60. The lowest BCUT2D eigenvalue weighted by Gasteiger charge is -2.36. The Kier molecular flexibility index (Phi) is 11.4. The second kappa shape index (κ2) is 14.5. The molecular formula is C28H33F3N5O9S-. The van der Waals surface area contributed by atoms with Crippen LogP contribution in [0.4, 0.5) is 22.8 Å². The minimum atomic E-state index is -4.72. The molecule has 46 heavy (non-hydrogen) atoms. The van der Waals surface area contributed by atoms with Gasteiger partial charge in [-0.3, -0.25) is 4.84 Å². The van der Waals surface area contributed by atoms with Gasteiger partial charge in [-0.25, -0.2) is 32.4 Å². The van der Waals surface area contributed by atoms with Gasteiger partial charge in [-0.15, -0.1) is 0 Å². The molecule has 1 unspecified atom stereocenters. The molecule has 1 N–H and O–H groups in total. The lowest BCUT2D eigenvalue weighted by atomic mass is 10.1. The zero-order valence-corrected chi connectivity index (χ0v) is 26.5. The standard InChI is InChI=1S/C28H33F3N5O9S/c1-18-7-9-20(10-8-18)23-17-24(28(29,30)31)32-35(23)21-11-13-22(14-12-21)46(40,41)33-25(37)42-16-15-34(6)36(39)45-19(2)43-26(38)44-27(3,4)5/h7-14,17,19H,15-16H2,1-6H3,(H,33,37)/q-1. The first-order valence-electron chi connectivity index (χ1n) is 13.5. The molecule has 3 aromatic rings.